The number of ketones is 1. The maximum absolute atomic E-state index is 12.7. The molecule has 0 saturated carbocycles. The van der Waals surface area contributed by atoms with Crippen LogP contribution in [0.15, 0.2) is 210 Å². The van der Waals surface area contributed by atoms with Crippen LogP contribution in [0.3, 0.4) is 0 Å². The number of aliphatic imine (C=N–C) groups is 1. The van der Waals surface area contributed by atoms with E-state index in [2.05, 4.69) is 85.0 Å². The van der Waals surface area contributed by atoms with Crippen molar-refractivity contribution in [2.45, 2.75) is 38.0 Å². The number of carbonyl (C=O) groups excluding carboxylic acids is 1. The van der Waals surface area contributed by atoms with Gasteiger partial charge in [0.25, 0.3) is 11.4 Å². The Morgan fingerprint density at radius 1 is 0.578 bits per heavy atom. The molecule has 0 aliphatic heterocycles. The molecule has 13 N–H and O–H groups in total. The lowest BCUT2D eigenvalue weighted by Gasteiger charge is -2.08. The highest BCUT2D eigenvalue weighted by atomic mass is 79.9. The van der Waals surface area contributed by atoms with Crippen LogP contribution < -0.4 is 34.0 Å². The summed E-state index contributed by atoms with van der Waals surface area (Å²) in [6.45, 7) is 2.06. The maximum Gasteiger partial charge on any atom is 0.416 e. The molecule has 0 unspecified atom stereocenters. The van der Waals surface area contributed by atoms with Gasteiger partial charge in [-0.25, -0.2) is 9.97 Å². The standard InChI is InChI=1S/C16H10F3N3O2S.C16H12F3N3S.C9H11NS.C8H6BrNO3.C8H4F3NS.C7H6F3N.CCl2S.H3N.H2O/c17-16(18,19)11-4-2-5-12(8-11)20-15-21-14(9-25-15)10-3-1-6-13(7-10)22(23)24;17-16(18,19)11-4-2-6-13(8-11)21-15-22-14(9-23-15)10-3-1-5-12(20)7-10;1-7-3-2-4-8(5-7)6-9(10)11;9-5-8(11)6-2-1-3-7(4-6)10(12)13;9-8(10,11)6-2-1-3-7(4-6)12-5-13;8-7(9,10)5-2-1-3-6(11)4-5;2-1(3)4;;/h1-9H,(H,20,21);1-9H,20H2,(H,21,22);2-5H,6H2,1H3,(H2,10,11);1-4H,5H2;1-4H;1-4H,11H2;;1H3;1H2. The van der Waals surface area contributed by atoms with Gasteiger partial charge in [0.1, 0.15) is 0 Å². The number of nitrogens with one attached hydrogen (secondary N) is 2. The molecule has 0 aliphatic rings. The van der Waals surface area contributed by atoms with E-state index in [0.29, 0.717) is 49.9 Å². The Hall–Kier alpha value is -9.39. The van der Waals surface area contributed by atoms with Gasteiger partial charge in [0, 0.05) is 80.9 Å². The minimum Gasteiger partial charge on any atom is -0.412 e. The third-order valence-corrected chi connectivity index (χ3v) is 14.2. The first-order valence-electron chi connectivity index (χ1n) is 27.5. The first-order chi connectivity index (χ1) is 46.8. The van der Waals surface area contributed by atoms with E-state index >= 15 is 0 Å². The zero-order valence-electron chi connectivity index (χ0n) is 52.0. The topological polar surface area (TPSA) is 310 Å². The SMILES string of the molecule is Cc1cccc(CC(N)=S)c1.FC(F)(F)c1cccc(N=C=S)c1.N.Nc1cccc(-c2csc(Nc3cccc(C(F)(F)F)c3)n2)c1.Nc1cccc(C(F)(F)F)c1.O.O=C(CBr)c1cccc([N+](=O)[O-])c1.O=[N+]([O-])c1cccc(-c2csc(Nc3cccc(C(F)(F)F)c3)n2)c1.S=C(Cl)Cl. The van der Waals surface area contributed by atoms with E-state index in [4.69, 9.17) is 52.6 Å². The summed E-state index contributed by atoms with van der Waals surface area (Å²) in [7, 11) is 0. The summed E-state index contributed by atoms with van der Waals surface area (Å²) in [6, 6.07) is 46.1. The molecule has 0 saturated heterocycles. The van der Waals surface area contributed by atoms with Gasteiger partial charge in [0.2, 0.25) is 0 Å². The molecule has 540 valence electrons. The normalized spacial score (nSPS) is 10.5. The number of nitrogens with zero attached hydrogens (tertiary/aromatic N) is 5. The van der Waals surface area contributed by atoms with Crippen molar-refractivity contribution in [2.24, 2.45) is 10.7 Å². The Bertz CT molecular complexity index is 4470. The van der Waals surface area contributed by atoms with Crippen molar-refractivity contribution in [3.05, 3.63) is 264 Å². The Balaban J connectivity index is 0.000000423. The van der Waals surface area contributed by atoms with E-state index in [9.17, 15) is 77.7 Å². The second kappa shape index (κ2) is 42.1. The van der Waals surface area contributed by atoms with Gasteiger partial charge < -0.3 is 39.5 Å². The molecule has 0 bridgehead atoms. The lowest BCUT2D eigenvalue weighted by Crippen LogP contribution is -2.10. The van der Waals surface area contributed by atoms with Crippen molar-refractivity contribution in [2.75, 3.05) is 27.4 Å². The van der Waals surface area contributed by atoms with Crippen LogP contribution in [0.5, 0.6) is 0 Å². The number of nitrogen functional groups attached to an aromatic ring is 2. The number of benzene rings is 8. The molecule has 0 amide bonds. The lowest BCUT2D eigenvalue weighted by atomic mass is 10.1. The number of hydrogen-bond donors (Lipinski definition) is 6. The number of aryl methyl sites for hydroxylation is 1. The van der Waals surface area contributed by atoms with Crippen LogP contribution >= 0.6 is 98.5 Å². The molecule has 0 radical (unpaired) electrons. The number of nitro benzene ring substituents is 2. The second-order valence-electron chi connectivity index (χ2n) is 19.5. The monoisotopic (exact) mass is 1620 g/mol. The van der Waals surface area contributed by atoms with Gasteiger partial charge in [0.15, 0.2) is 19.8 Å². The minimum atomic E-state index is -4.42. The molecular formula is C65H54BrCl2F12N11O6S5. The number of nitro groups is 2. The summed E-state index contributed by atoms with van der Waals surface area (Å²) in [5.74, 6) is -0.163. The number of aromatic nitrogens is 2. The molecule has 0 aliphatic carbocycles. The molecule has 2 heterocycles. The number of thiazole rings is 2. The lowest BCUT2D eigenvalue weighted by molar-refractivity contribution is -0.385. The summed E-state index contributed by atoms with van der Waals surface area (Å²) in [5, 5.41) is 33.5. The first kappa shape index (κ1) is 88.7. The Kier molecular flexibility index (Phi) is 36.6. The smallest absolute Gasteiger partial charge is 0.412 e. The fourth-order valence-corrected chi connectivity index (χ4v) is 9.69. The van der Waals surface area contributed by atoms with E-state index in [1.54, 1.807) is 41.8 Å². The zero-order valence-corrected chi connectivity index (χ0v) is 59.2. The number of halogens is 15. The van der Waals surface area contributed by atoms with E-state index < -0.39 is 56.8 Å². The van der Waals surface area contributed by atoms with Gasteiger partial charge in [-0.15, -0.1) is 22.7 Å². The average Bonchev–Trinajstić information content (AvgIpc) is 1.40. The van der Waals surface area contributed by atoms with Crippen LogP contribution in [0.2, 0.25) is 0 Å². The molecule has 102 heavy (non-hydrogen) atoms. The van der Waals surface area contributed by atoms with Crippen LogP contribution in [0.1, 0.15) is 43.7 Å². The highest BCUT2D eigenvalue weighted by molar-refractivity contribution is 9.09. The molecule has 37 heteroatoms. The summed E-state index contributed by atoms with van der Waals surface area (Å²) in [5.41, 5.74) is 20.2. The average molecular weight is 1620 g/mol. The molecule has 2 aromatic heterocycles. The number of non-ortho nitro benzene ring substituents is 2. The van der Waals surface area contributed by atoms with Gasteiger partial charge in [-0.2, -0.15) is 57.7 Å². The third kappa shape index (κ3) is 32.5. The van der Waals surface area contributed by atoms with Crippen LogP contribution in [-0.4, -0.2) is 50.3 Å². The fourth-order valence-electron chi connectivity index (χ4n) is 7.61. The van der Waals surface area contributed by atoms with Crippen LogP contribution in [-0.2, 0) is 31.1 Å². The molecule has 0 atom stereocenters. The van der Waals surface area contributed by atoms with Gasteiger partial charge in [-0.3, -0.25) is 25.0 Å². The zero-order chi connectivity index (χ0) is 74.5. The predicted octanol–water partition coefficient (Wildman–Crippen LogP) is 21.4. The largest absolute Gasteiger partial charge is 0.416 e. The molecule has 10 rings (SSSR count). The molecule has 0 fully saturated rings. The maximum atomic E-state index is 12.7. The van der Waals surface area contributed by atoms with E-state index in [0.717, 1.165) is 59.8 Å². The van der Waals surface area contributed by atoms with Gasteiger partial charge in [-0.05, 0) is 110 Å². The second-order valence-corrected chi connectivity index (χ2v) is 24.3. The number of alkyl halides is 13. The number of anilines is 6. The summed E-state index contributed by atoms with van der Waals surface area (Å²) in [4.78, 5) is 43.9. The third-order valence-electron chi connectivity index (χ3n) is 11.9. The molecule has 8 aromatic carbocycles. The molecule has 0 spiro atoms. The van der Waals surface area contributed by atoms with Crippen LogP contribution in [0.25, 0.3) is 22.5 Å². The number of hydrogen-bond acceptors (Lipinski definition) is 18. The Labute approximate surface area is 615 Å². The fraction of sp³-hybridized carbons (Fsp3) is 0.108. The minimum absolute atomic E-state index is 0. The predicted molar refractivity (Wildman–Crippen MR) is 393 cm³/mol. The number of thiocarbonyl (C=S) groups is 3. The summed E-state index contributed by atoms with van der Waals surface area (Å²) < 4.78 is 148. The van der Waals surface area contributed by atoms with Gasteiger partial charge in [-0.1, -0.05) is 154 Å². The van der Waals surface area contributed by atoms with Crippen LogP contribution in [0, 0.1) is 27.2 Å². The van der Waals surface area contributed by atoms with Crippen LogP contribution in [0.4, 0.5) is 103 Å². The summed E-state index contributed by atoms with van der Waals surface area (Å²) >= 11 is 28.2. The van der Waals surface area contributed by atoms with Crippen molar-refractivity contribution >= 4 is 168 Å². The Morgan fingerprint density at radius 2 is 0.971 bits per heavy atom. The number of Topliss-reactive ketones (excluding diaryl/α,β-unsaturated/α-hetero) is 1. The van der Waals surface area contributed by atoms with E-state index in [1.807, 2.05) is 34.8 Å². The number of nitrogens with two attached hydrogens (primary N) is 3. The highest BCUT2D eigenvalue weighted by Crippen LogP contribution is 2.36. The summed E-state index contributed by atoms with van der Waals surface area (Å²) in [6.07, 6.45) is -16.7. The van der Waals surface area contributed by atoms with Crippen molar-refractivity contribution in [1.29, 1.82) is 0 Å². The van der Waals surface area contributed by atoms with Gasteiger partial charge >= 0.3 is 24.7 Å². The number of rotatable bonds is 13. The van der Waals surface area contributed by atoms with Crippen molar-refractivity contribution in [3.8, 4) is 22.5 Å². The van der Waals surface area contributed by atoms with Crippen molar-refractivity contribution in [1.82, 2.24) is 16.1 Å². The number of carbonyl (C=O) groups is 1. The molecule has 17 nitrogen and oxygen atoms in total. The van der Waals surface area contributed by atoms with Crippen molar-refractivity contribution < 1.29 is 72.8 Å². The highest BCUT2D eigenvalue weighted by Gasteiger charge is 2.33. The van der Waals surface area contributed by atoms with E-state index in [-0.39, 0.29) is 55.0 Å². The van der Waals surface area contributed by atoms with Gasteiger partial charge in [0.05, 0.1) is 64.7 Å². The molecular weight excluding hydrogens is 1570 g/mol. The Morgan fingerprint density at radius 3 is 1.38 bits per heavy atom. The quantitative estimate of drug-likeness (QED) is 0.00719. The molecule has 10 aromatic rings. The van der Waals surface area contributed by atoms with E-state index in [1.165, 1.54) is 107 Å². The van der Waals surface area contributed by atoms with Crippen molar-refractivity contribution in [3.63, 3.8) is 0 Å². The number of isothiocyanates is 1. The first-order valence-corrected chi connectivity index (χ1v) is 32.3.